The summed E-state index contributed by atoms with van der Waals surface area (Å²) >= 11 is 0. The van der Waals surface area contributed by atoms with E-state index in [0.29, 0.717) is 24.7 Å². The minimum atomic E-state index is -0.833. The zero-order chi connectivity index (χ0) is 14.2. The van der Waals surface area contributed by atoms with Crippen LogP contribution >= 0.6 is 0 Å². The molecular formula is C15H26N2O3. The quantitative estimate of drug-likeness (QED) is 0.794. The van der Waals surface area contributed by atoms with Crippen LogP contribution in [0.15, 0.2) is 0 Å². The highest BCUT2D eigenvalue weighted by atomic mass is 16.5. The molecule has 5 nitrogen and oxygen atoms in total. The third kappa shape index (κ3) is 3.00. The summed E-state index contributed by atoms with van der Waals surface area (Å²) in [6, 6.07) is 0.816. The number of ether oxygens (including phenoxy) is 1. The third-order valence-corrected chi connectivity index (χ3v) is 4.94. The Bertz CT molecular complexity index is 370. The number of fused-ring (bicyclic) bond motifs is 1. The van der Waals surface area contributed by atoms with Crippen LogP contribution in [0.4, 0.5) is 0 Å². The largest absolute Gasteiger partial charge is 0.480 e. The molecule has 2 saturated carbocycles. The lowest BCUT2D eigenvalue weighted by molar-refractivity contribution is -0.148. The Kier molecular flexibility index (Phi) is 4.02. The molecule has 3 atom stereocenters. The van der Waals surface area contributed by atoms with Gasteiger partial charge in [-0.25, -0.2) is 0 Å². The molecule has 1 saturated heterocycles. The first-order valence-electron chi connectivity index (χ1n) is 7.95. The molecule has 3 aliphatic rings. The van der Waals surface area contributed by atoms with Crippen LogP contribution in [0, 0.1) is 0 Å². The van der Waals surface area contributed by atoms with Gasteiger partial charge in [0, 0.05) is 25.2 Å². The van der Waals surface area contributed by atoms with Gasteiger partial charge in [-0.2, -0.15) is 0 Å². The van der Waals surface area contributed by atoms with E-state index in [-0.39, 0.29) is 0 Å². The Balaban J connectivity index is 1.68. The summed E-state index contributed by atoms with van der Waals surface area (Å²) < 4.78 is 5.87. The summed E-state index contributed by atoms with van der Waals surface area (Å²) in [5.74, 6) is -0.733. The summed E-state index contributed by atoms with van der Waals surface area (Å²) in [7, 11) is 0. The number of hydrogen-bond acceptors (Lipinski definition) is 4. The van der Waals surface area contributed by atoms with Crippen LogP contribution in [-0.2, 0) is 9.53 Å². The fourth-order valence-corrected chi connectivity index (χ4v) is 3.63. The molecule has 1 heterocycles. The first-order valence-corrected chi connectivity index (χ1v) is 7.95. The standard InChI is InChI=1S/C15H26N2O3/c1-15(14(18)19,16-11-6-7-11)10-17-8-9-20-13-5-3-2-4-12(13)17/h11-13,16H,2-10H2,1H3,(H,18,19). The molecular weight excluding hydrogens is 256 g/mol. The van der Waals surface area contributed by atoms with Crippen LogP contribution in [0.3, 0.4) is 0 Å². The molecule has 3 unspecified atom stereocenters. The molecule has 114 valence electrons. The third-order valence-electron chi connectivity index (χ3n) is 4.94. The van der Waals surface area contributed by atoms with E-state index in [1.165, 1.54) is 12.8 Å². The SMILES string of the molecule is CC(CN1CCOC2CCCCC21)(NC1CC1)C(=O)O. The van der Waals surface area contributed by atoms with Crippen LogP contribution in [0.1, 0.15) is 45.4 Å². The van der Waals surface area contributed by atoms with E-state index in [9.17, 15) is 9.90 Å². The zero-order valence-corrected chi connectivity index (χ0v) is 12.3. The molecule has 3 rings (SSSR count). The topological polar surface area (TPSA) is 61.8 Å². The van der Waals surface area contributed by atoms with Gasteiger partial charge in [0.1, 0.15) is 5.54 Å². The fraction of sp³-hybridized carbons (Fsp3) is 0.933. The van der Waals surface area contributed by atoms with E-state index in [0.717, 1.165) is 38.8 Å². The number of hydrogen-bond donors (Lipinski definition) is 2. The number of morpholine rings is 1. The Morgan fingerprint density at radius 1 is 1.35 bits per heavy atom. The predicted octanol–water partition coefficient (Wildman–Crippen LogP) is 1.23. The van der Waals surface area contributed by atoms with Crippen LogP contribution in [0.5, 0.6) is 0 Å². The van der Waals surface area contributed by atoms with E-state index < -0.39 is 11.5 Å². The Labute approximate surface area is 120 Å². The normalized spacial score (nSPS) is 34.2. The van der Waals surface area contributed by atoms with Crippen molar-refractivity contribution in [1.82, 2.24) is 10.2 Å². The number of carbonyl (C=O) groups is 1. The lowest BCUT2D eigenvalue weighted by atomic mass is 9.88. The number of aliphatic carboxylic acids is 1. The van der Waals surface area contributed by atoms with Gasteiger partial charge in [-0.15, -0.1) is 0 Å². The molecule has 1 aliphatic heterocycles. The Morgan fingerprint density at radius 3 is 2.80 bits per heavy atom. The second-order valence-corrected chi connectivity index (χ2v) is 6.79. The molecule has 20 heavy (non-hydrogen) atoms. The zero-order valence-electron chi connectivity index (χ0n) is 12.3. The molecule has 0 spiro atoms. The summed E-state index contributed by atoms with van der Waals surface area (Å²) in [5, 5.41) is 12.9. The summed E-state index contributed by atoms with van der Waals surface area (Å²) in [6.45, 7) is 4.01. The van der Waals surface area contributed by atoms with Crippen molar-refractivity contribution in [2.75, 3.05) is 19.7 Å². The second-order valence-electron chi connectivity index (χ2n) is 6.79. The van der Waals surface area contributed by atoms with Crippen molar-refractivity contribution in [2.24, 2.45) is 0 Å². The smallest absolute Gasteiger partial charge is 0.324 e. The maximum atomic E-state index is 11.7. The summed E-state index contributed by atoms with van der Waals surface area (Å²) in [6.07, 6.45) is 7.28. The van der Waals surface area contributed by atoms with Crippen molar-refractivity contribution in [3.63, 3.8) is 0 Å². The average Bonchev–Trinajstić information content (AvgIpc) is 3.23. The van der Waals surface area contributed by atoms with Gasteiger partial charge in [-0.05, 0) is 32.6 Å². The minimum absolute atomic E-state index is 0.316. The molecule has 3 fully saturated rings. The predicted molar refractivity (Wildman–Crippen MR) is 75.8 cm³/mol. The van der Waals surface area contributed by atoms with E-state index >= 15 is 0 Å². The minimum Gasteiger partial charge on any atom is -0.480 e. The lowest BCUT2D eigenvalue weighted by Gasteiger charge is -2.46. The molecule has 5 heteroatoms. The molecule has 0 aromatic heterocycles. The van der Waals surface area contributed by atoms with Crippen molar-refractivity contribution in [1.29, 1.82) is 0 Å². The second kappa shape index (κ2) is 5.62. The Morgan fingerprint density at radius 2 is 2.10 bits per heavy atom. The molecule has 0 bridgehead atoms. The number of nitrogens with zero attached hydrogens (tertiary/aromatic N) is 1. The van der Waals surface area contributed by atoms with Gasteiger partial charge in [0.2, 0.25) is 0 Å². The molecule has 2 N–H and O–H groups in total. The first kappa shape index (κ1) is 14.3. The van der Waals surface area contributed by atoms with Gasteiger partial charge in [0.05, 0.1) is 12.7 Å². The van der Waals surface area contributed by atoms with Gasteiger partial charge in [0.25, 0.3) is 0 Å². The molecule has 0 amide bonds. The molecule has 0 radical (unpaired) electrons. The van der Waals surface area contributed by atoms with Crippen molar-refractivity contribution in [2.45, 2.75) is 69.2 Å². The van der Waals surface area contributed by atoms with Gasteiger partial charge in [-0.1, -0.05) is 12.8 Å². The van der Waals surface area contributed by atoms with Crippen molar-refractivity contribution in [3.8, 4) is 0 Å². The van der Waals surface area contributed by atoms with Crippen LogP contribution in [-0.4, -0.2) is 59.4 Å². The van der Waals surface area contributed by atoms with Gasteiger partial charge in [0.15, 0.2) is 0 Å². The van der Waals surface area contributed by atoms with Crippen LogP contribution < -0.4 is 5.32 Å². The van der Waals surface area contributed by atoms with Crippen molar-refractivity contribution < 1.29 is 14.6 Å². The average molecular weight is 282 g/mol. The van der Waals surface area contributed by atoms with Crippen LogP contribution in [0.25, 0.3) is 0 Å². The molecule has 2 aliphatic carbocycles. The van der Waals surface area contributed by atoms with Gasteiger partial charge >= 0.3 is 5.97 Å². The maximum absolute atomic E-state index is 11.7. The van der Waals surface area contributed by atoms with E-state index in [4.69, 9.17) is 4.74 Å². The maximum Gasteiger partial charge on any atom is 0.324 e. The first-order chi connectivity index (χ1) is 9.58. The van der Waals surface area contributed by atoms with Crippen molar-refractivity contribution in [3.05, 3.63) is 0 Å². The molecule has 0 aromatic rings. The number of carboxylic acid groups (broad SMARTS) is 1. The summed E-state index contributed by atoms with van der Waals surface area (Å²) in [4.78, 5) is 14.1. The fourth-order valence-electron chi connectivity index (χ4n) is 3.63. The lowest BCUT2D eigenvalue weighted by Crippen LogP contribution is -2.63. The van der Waals surface area contributed by atoms with Crippen molar-refractivity contribution >= 4 is 5.97 Å². The van der Waals surface area contributed by atoms with Gasteiger partial charge < -0.3 is 9.84 Å². The summed E-state index contributed by atoms with van der Waals surface area (Å²) in [5.41, 5.74) is -0.833. The number of rotatable bonds is 5. The Hall–Kier alpha value is -0.650. The van der Waals surface area contributed by atoms with Crippen LogP contribution in [0.2, 0.25) is 0 Å². The van der Waals surface area contributed by atoms with E-state index in [1.54, 1.807) is 0 Å². The van der Waals surface area contributed by atoms with E-state index in [2.05, 4.69) is 10.2 Å². The number of nitrogens with one attached hydrogen (secondary N) is 1. The van der Waals surface area contributed by atoms with Gasteiger partial charge in [-0.3, -0.25) is 15.0 Å². The number of carboxylic acids is 1. The highest BCUT2D eigenvalue weighted by molar-refractivity contribution is 5.78. The highest BCUT2D eigenvalue weighted by Crippen LogP contribution is 2.30. The highest BCUT2D eigenvalue weighted by Gasteiger charge is 2.43. The monoisotopic (exact) mass is 282 g/mol. The van der Waals surface area contributed by atoms with E-state index in [1.807, 2.05) is 6.92 Å². The molecule has 0 aromatic carbocycles.